The lowest BCUT2D eigenvalue weighted by Crippen LogP contribution is -2.27. The molecule has 24 heavy (non-hydrogen) atoms. The first-order valence-electron chi connectivity index (χ1n) is 7.81. The topological polar surface area (TPSA) is 68.9 Å². The second kappa shape index (κ2) is 7.73. The molecule has 128 valence electrons. The zero-order valence-corrected chi connectivity index (χ0v) is 14.7. The van der Waals surface area contributed by atoms with Gasteiger partial charge in [-0.15, -0.1) is 0 Å². The summed E-state index contributed by atoms with van der Waals surface area (Å²) in [7, 11) is 3.26. The summed E-state index contributed by atoms with van der Waals surface area (Å²) >= 11 is 0. The average molecular weight is 327 g/mol. The number of rotatable bonds is 6. The first-order valence-corrected chi connectivity index (χ1v) is 7.81. The van der Waals surface area contributed by atoms with Crippen LogP contribution in [0, 0.1) is 0 Å². The van der Waals surface area contributed by atoms with E-state index in [0.29, 0.717) is 24.0 Å². The van der Waals surface area contributed by atoms with E-state index in [2.05, 4.69) is 24.2 Å². The number of anilines is 1. The van der Waals surface area contributed by atoms with Gasteiger partial charge >= 0.3 is 0 Å². The molecule has 0 aliphatic rings. The summed E-state index contributed by atoms with van der Waals surface area (Å²) in [6.07, 6.45) is 0. The zero-order chi connectivity index (χ0) is 17.6. The highest BCUT2D eigenvalue weighted by atomic mass is 16.5. The van der Waals surface area contributed by atoms with Crippen LogP contribution < -0.4 is 20.5 Å². The summed E-state index contributed by atoms with van der Waals surface area (Å²) in [5.41, 5.74) is 7.82. The molecule has 0 amide bonds. The Balaban J connectivity index is 2.11. The van der Waals surface area contributed by atoms with E-state index in [-0.39, 0.29) is 5.41 Å². The van der Waals surface area contributed by atoms with Crippen molar-refractivity contribution in [3.8, 4) is 11.5 Å². The number of para-hydroxylation sites is 1. The van der Waals surface area contributed by atoms with Gasteiger partial charge in [0.05, 0.1) is 20.8 Å². The first kappa shape index (κ1) is 17.7. The zero-order valence-electron chi connectivity index (χ0n) is 14.7. The quantitative estimate of drug-likeness (QED) is 0.630. The van der Waals surface area contributed by atoms with Gasteiger partial charge in [0.15, 0.2) is 17.5 Å². The average Bonchev–Trinajstić information content (AvgIpc) is 2.60. The Morgan fingerprint density at radius 1 is 1.04 bits per heavy atom. The van der Waals surface area contributed by atoms with Crippen LogP contribution in [0.25, 0.3) is 0 Å². The summed E-state index contributed by atoms with van der Waals surface area (Å²) in [4.78, 5) is 4.48. The van der Waals surface area contributed by atoms with E-state index >= 15 is 0 Å². The normalized spacial score (nSPS) is 11.9. The first-order chi connectivity index (χ1) is 11.5. The Bertz CT molecular complexity index is 697. The molecule has 0 aromatic heterocycles. The van der Waals surface area contributed by atoms with Crippen molar-refractivity contribution in [1.82, 2.24) is 0 Å². The molecule has 0 radical (unpaired) electrons. The predicted octanol–water partition coefficient (Wildman–Crippen LogP) is 3.41. The fourth-order valence-electron chi connectivity index (χ4n) is 2.34. The Morgan fingerprint density at radius 2 is 1.71 bits per heavy atom. The number of benzene rings is 2. The summed E-state index contributed by atoms with van der Waals surface area (Å²) in [6, 6.07) is 15.7. The number of methoxy groups -OCH3 is 2. The smallest absolute Gasteiger partial charge is 0.193 e. The molecule has 0 saturated heterocycles. The number of ether oxygens (including phenoxy) is 2. The van der Waals surface area contributed by atoms with E-state index in [4.69, 9.17) is 15.2 Å². The molecule has 0 aliphatic carbocycles. The fraction of sp³-hybridized carbons (Fsp3) is 0.316. The third-order valence-electron chi connectivity index (χ3n) is 3.86. The number of nitrogens with one attached hydrogen (secondary N) is 1. The van der Waals surface area contributed by atoms with Crippen LogP contribution in [0.1, 0.15) is 19.4 Å². The van der Waals surface area contributed by atoms with E-state index in [1.54, 1.807) is 14.2 Å². The fourth-order valence-corrected chi connectivity index (χ4v) is 2.34. The van der Waals surface area contributed by atoms with Crippen LogP contribution in [-0.2, 0) is 5.41 Å². The third-order valence-corrected chi connectivity index (χ3v) is 3.86. The van der Waals surface area contributed by atoms with Crippen molar-refractivity contribution in [2.75, 3.05) is 26.1 Å². The Hall–Kier alpha value is -2.69. The van der Waals surface area contributed by atoms with Gasteiger partial charge in [-0.1, -0.05) is 38.1 Å². The summed E-state index contributed by atoms with van der Waals surface area (Å²) in [5, 5.41) is 3.09. The van der Waals surface area contributed by atoms with E-state index in [9.17, 15) is 0 Å². The van der Waals surface area contributed by atoms with Gasteiger partial charge in [-0.05, 0) is 29.8 Å². The van der Waals surface area contributed by atoms with Crippen molar-refractivity contribution < 1.29 is 9.47 Å². The Morgan fingerprint density at radius 3 is 2.33 bits per heavy atom. The van der Waals surface area contributed by atoms with Crippen molar-refractivity contribution >= 4 is 11.6 Å². The summed E-state index contributed by atoms with van der Waals surface area (Å²) in [5.74, 6) is 1.82. The molecule has 0 aliphatic heterocycles. The van der Waals surface area contributed by atoms with E-state index in [0.717, 1.165) is 11.3 Å². The maximum absolute atomic E-state index is 5.99. The lowest BCUT2D eigenvalue weighted by Gasteiger charge is -2.24. The van der Waals surface area contributed by atoms with Crippen molar-refractivity contribution in [3.05, 3.63) is 54.1 Å². The van der Waals surface area contributed by atoms with Crippen molar-refractivity contribution in [1.29, 1.82) is 0 Å². The van der Waals surface area contributed by atoms with Gasteiger partial charge in [0.1, 0.15) is 0 Å². The molecule has 2 aromatic carbocycles. The molecular weight excluding hydrogens is 302 g/mol. The van der Waals surface area contributed by atoms with Crippen molar-refractivity contribution in [2.45, 2.75) is 19.3 Å². The second-order valence-electron chi connectivity index (χ2n) is 6.15. The minimum atomic E-state index is -0.192. The summed E-state index contributed by atoms with van der Waals surface area (Å²) in [6.45, 7) is 4.79. The molecule has 0 unspecified atom stereocenters. The Labute approximate surface area is 143 Å². The van der Waals surface area contributed by atoms with Crippen molar-refractivity contribution in [3.63, 3.8) is 0 Å². The van der Waals surface area contributed by atoms with Gasteiger partial charge in [-0.3, -0.25) is 4.99 Å². The van der Waals surface area contributed by atoms with E-state index in [1.807, 2.05) is 48.5 Å². The molecule has 3 N–H and O–H groups in total. The minimum Gasteiger partial charge on any atom is -0.493 e. The maximum atomic E-state index is 5.99. The maximum Gasteiger partial charge on any atom is 0.193 e. The molecule has 5 heteroatoms. The van der Waals surface area contributed by atoms with Crippen LogP contribution >= 0.6 is 0 Å². The molecule has 2 rings (SSSR count). The highest BCUT2D eigenvalue weighted by molar-refractivity contribution is 5.92. The molecule has 5 nitrogen and oxygen atoms in total. The Kier molecular flexibility index (Phi) is 5.68. The standard InChI is InChI=1S/C19H25N3O2/c1-19(2,14-10-11-16(23-3)17(12-14)24-4)13-21-18(20)22-15-8-6-5-7-9-15/h5-12H,13H2,1-4H3,(H3,20,21,22). The van der Waals surface area contributed by atoms with Gasteiger partial charge in [-0.25, -0.2) is 0 Å². The van der Waals surface area contributed by atoms with Crippen molar-refractivity contribution in [2.24, 2.45) is 10.7 Å². The van der Waals surface area contributed by atoms with Crippen LogP contribution in [0.3, 0.4) is 0 Å². The van der Waals surface area contributed by atoms with Gasteiger partial charge in [0.25, 0.3) is 0 Å². The highest BCUT2D eigenvalue weighted by Gasteiger charge is 2.22. The number of nitrogens with two attached hydrogens (primary N) is 1. The van der Waals surface area contributed by atoms with Gasteiger partial charge in [-0.2, -0.15) is 0 Å². The lowest BCUT2D eigenvalue weighted by atomic mass is 9.84. The van der Waals surface area contributed by atoms with Crippen LogP contribution in [0.2, 0.25) is 0 Å². The number of aliphatic imine (C=N–C) groups is 1. The molecule has 0 heterocycles. The molecule has 0 fully saturated rings. The van der Waals surface area contributed by atoms with Crippen LogP contribution in [0.4, 0.5) is 5.69 Å². The van der Waals surface area contributed by atoms with Crippen LogP contribution in [0.5, 0.6) is 11.5 Å². The number of nitrogens with zero attached hydrogens (tertiary/aromatic N) is 1. The molecule has 0 spiro atoms. The van der Waals surface area contributed by atoms with Gasteiger partial charge < -0.3 is 20.5 Å². The van der Waals surface area contributed by atoms with E-state index in [1.165, 1.54) is 0 Å². The molecule has 0 atom stereocenters. The van der Waals surface area contributed by atoms with Crippen LogP contribution in [0.15, 0.2) is 53.5 Å². The minimum absolute atomic E-state index is 0.192. The van der Waals surface area contributed by atoms with Gasteiger partial charge in [0, 0.05) is 11.1 Å². The number of guanidine groups is 1. The van der Waals surface area contributed by atoms with Crippen LogP contribution in [-0.4, -0.2) is 26.7 Å². The monoisotopic (exact) mass is 327 g/mol. The molecule has 0 bridgehead atoms. The molecular formula is C19H25N3O2. The van der Waals surface area contributed by atoms with E-state index < -0.39 is 0 Å². The number of hydrogen-bond donors (Lipinski definition) is 2. The third kappa shape index (κ3) is 4.41. The molecule has 2 aromatic rings. The lowest BCUT2D eigenvalue weighted by molar-refractivity contribution is 0.353. The van der Waals surface area contributed by atoms with Gasteiger partial charge in [0.2, 0.25) is 0 Å². The highest BCUT2D eigenvalue weighted by Crippen LogP contribution is 2.33. The number of hydrogen-bond acceptors (Lipinski definition) is 3. The molecule has 0 saturated carbocycles. The largest absolute Gasteiger partial charge is 0.493 e. The second-order valence-corrected chi connectivity index (χ2v) is 6.15. The SMILES string of the molecule is COc1ccc(C(C)(C)CN=C(N)Nc2ccccc2)cc1OC. The summed E-state index contributed by atoms with van der Waals surface area (Å²) < 4.78 is 10.7. The predicted molar refractivity (Wildman–Crippen MR) is 99.1 cm³/mol.